The molecule has 0 amide bonds. The standard InChI is InChI=1S/C11H11N5S/c1-7(11-14-2-3-17-11)16-10-8(5-12)4-9(13)6-15-10/h2-4,6-7H,13H2,1H3,(H,15,16). The lowest BCUT2D eigenvalue weighted by atomic mass is 10.2. The Kier molecular flexibility index (Phi) is 3.21. The summed E-state index contributed by atoms with van der Waals surface area (Å²) in [7, 11) is 0. The van der Waals surface area contributed by atoms with Crippen molar-refractivity contribution in [3.05, 3.63) is 34.4 Å². The number of hydrogen-bond donors (Lipinski definition) is 2. The highest BCUT2D eigenvalue weighted by Gasteiger charge is 2.11. The third kappa shape index (κ3) is 2.52. The Hall–Kier alpha value is -2.13. The number of nitrogen functional groups attached to an aromatic ring is 1. The van der Waals surface area contributed by atoms with Gasteiger partial charge in [0, 0.05) is 11.6 Å². The first-order chi connectivity index (χ1) is 8.20. The van der Waals surface area contributed by atoms with Gasteiger partial charge in [-0.3, -0.25) is 0 Å². The zero-order valence-electron chi connectivity index (χ0n) is 9.21. The Labute approximate surface area is 103 Å². The Balaban J connectivity index is 2.22. The van der Waals surface area contributed by atoms with E-state index in [1.165, 1.54) is 6.20 Å². The van der Waals surface area contributed by atoms with E-state index in [1.54, 1.807) is 23.6 Å². The molecule has 86 valence electrons. The molecule has 2 rings (SSSR count). The van der Waals surface area contributed by atoms with Crippen molar-refractivity contribution in [1.82, 2.24) is 9.97 Å². The maximum Gasteiger partial charge on any atom is 0.144 e. The topological polar surface area (TPSA) is 87.6 Å². The summed E-state index contributed by atoms with van der Waals surface area (Å²) in [5.74, 6) is 0.532. The van der Waals surface area contributed by atoms with Crippen LogP contribution in [0, 0.1) is 11.3 Å². The molecular formula is C11H11N5S. The van der Waals surface area contributed by atoms with Crippen molar-refractivity contribution in [2.24, 2.45) is 0 Å². The van der Waals surface area contributed by atoms with Gasteiger partial charge in [0.1, 0.15) is 16.9 Å². The Morgan fingerprint density at radius 1 is 1.53 bits per heavy atom. The molecule has 0 saturated carbocycles. The molecule has 0 aliphatic rings. The van der Waals surface area contributed by atoms with Crippen molar-refractivity contribution < 1.29 is 0 Å². The van der Waals surface area contributed by atoms with E-state index in [9.17, 15) is 0 Å². The van der Waals surface area contributed by atoms with E-state index in [4.69, 9.17) is 11.0 Å². The smallest absolute Gasteiger partial charge is 0.144 e. The van der Waals surface area contributed by atoms with Crippen molar-refractivity contribution in [2.75, 3.05) is 11.1 Å². The van der Waals surface area contributed by atoms with E-state index < -0.39 is 0 Å². The zero-order chi connectivity index (χ0) is 12.3. The van der Waals surface area contributed by atoms with Crippen molar-refractivity contribution in [3.8, 4) is 6.07 Å². The molecule has 1 unspecified atom stereocenters. The number of pyridine rings is 1. The molecule has 1 atom stereocenters. The highest BCUT2D eigenvalue weighted by molar-refractivity contribution is 7.09. The quantitative estimate of drug-likeness (QED) is 0.865. The Morgan fingerprint density at radius 3 is 3.00 bits per heavy atom. The first-order valence-electron chi connectivity index (χ1n) is 5.02. The van der Waals surface area contributed by atoms with E-state index in [1.807, 2.05) is 12.3 Å². The van der Waals surface area contributed by atoms with Crippen molar-refractivity contribution in [1.29, 1.82) is 5.26 Å². The van der Waals surface area contributed by atoms with Gasteiger partial charge in [0.2, 0.25) is 0 Å². The van der Waals surface area contributed by atoms with Gasteiger partial charge in [-0.05, 0) is 13.0 Å². The molecule has 0 aliphatic heterocycles. The van der Waals surface area contributed by atoms with Crippen molar-refractivity contribution in [2.45, 2.75) is 13.0 Å². The summed E-state index contributed by atoms with van der Waals surface area (Å²) in [6.45, 7) is 1.97. The van der Waals surface area contributed by atoms with Gasteiger partial charge < -0.3 is 11.1 Å². The molecule has 0 fully saturated rings. The SMILES string of the molecule is CC(Nc1ncc(N)cc1C#N)c1nccs1. The fourth-order valence-corrected chi connectivity index (χ4v) is 2.04. The number of nitrogens with two attached hydrogens (primary N) is 1. The van der Waals surface area contributed by atoms with Gasteiger partial charge in [0.05, 0.1) is 23.5 Å². The largest absolute Gasteiger partial charge is 0.397 e. The molecule has 2 heterocycles. The van der Waals surface area contributed by atoms with Crippen molar-refractivity contribution in [3.63, 3.8) is 0 Å². The van der Waals surface area contributed by atoms with Gasteiger partial charge >= 0.3 is 0 Å². The lowest BCUT2D eigenvalue weighted by Gasteiger charge is -2.12. The van der Waals surface area contributed by atoms with Crippen LogP contribution < -0.4 is 11.1 Å². The number of hydrogen-bond acceptors (Lipinski definition) is 6. The number of thiazole rings is 1. The van der Waals surface area contributed by atoms with Crippen LogP contribution in [0.4, 0.5) is 11.5 Å². The predicted molar refractivity (Wildman–Crippen MR) is 67.5 cm³/mol. The van der Waals surface area contributed by atoms with Crippen LogP contribution in [0.25, 0.3) is 0 Å². The predicted octanol–water partition coefficient (Wildman–Crippen LogP) is 2.17. The highest BCUT2D eigenvalue weighted by Crippen LogP contribution is 2.22. The van der Waals surface area contributed by atoms with Gasteiger partial charge in [-0.15, -0.1) is 11.3 Å². The van der Waals surface area contributed by atoms with Gasteiger partial charge in [0.25, 0.3) is 0 Å². The molecule has 0 saturated heterocycles. The van der Waals surface area contributed by atoms with Crippen LogP contribution in [0.1, 0.15) is 23.5 Å². The van der Waals surface area contributed by atoms with Crippen molar-refractivity contribution >= 4 is 22.8 Å². The third-order valence-corrected chi connectivity index (χ3v) is 3.16. The van der Waals surface area contributed by atoms with Crippen LogP contribution in [0.15, 0.2) is 23.8 Å². The lowest BCUT2D eigenvalue weighted by Crippen LogP contribution is -2.09. The molecule has 17 heavy (non-hydrogen) atoms. The van der Waals surface area contributed by atoms with Crippen LogP contribution in [-0.4, -0.2) is 9.97 Å². The van der Waals surface area contributed by atoms with E-state index >= 15 is 0 Å². The summed E-state index contributed by atoms with van der Waals surface area (Å²) >= 11 is 1.56. The Morgan fingerprint density at radius 2 is 2.35 bits per heavy atom. The van der Waals surface area contributed by atoms with Crippen LogP contribution in [0.2, 0.25) is 0 Å². The van der Waals surface area contributed by atoms with Gasteiger partial charge in [-0.1, -0.05) is 0 Å². The molecule has 2 aromatic heterocycles. The number of aromatic nitrogens is 2. The number of nitrogens with zero attached hydrogens (tertiary/aromatic N) is 3. The third-order valence-electron chi connectivity index (χ3n) is 2.20. The molecule has 0 aliphatic carbocycles. The molecule has 0 radical (unpaired) electrons. The van der Waals surface area contributed by atoms with E-state index in [-0.39, 0.29) is 6.04 Å². The summed E-state index contributed by atoms with van der Waals surface area (Å²) in [5.41, 5.74) is 6.50. The minimum atomic E-state index is 0.0122. The monoisotopic (exact) mass is 245 g/mol. The second-order valence-electron chi connectivity index (χ2n) is 3.51. The summed E-state index contributed by atoms with van der Waals surface area (Å²) < 4.78 is 0. The minimum Gasteiger partial charge on any atom is -0.397 e. The summed E-state index contributed by atoms with van der Waals surface area (Å²) in [5, 5.41) is 15.0. The van der Waals surface area contributed by atoms with Crippen LogP contribution >= 0.6 is 11.3 Å². The molecular weight excluding hydrogens is 234 g/mol. The van der Waals surface area contributed by atoms with E-state index in [0.29, 0.717) is 17.1 Å². The zero-order valence-corrected chi connectivity index (χ0v) is 10.0. The summed E-state index contributed by atoms with van der Waals surface area (Å²) in [4.78, 5) is 8.32. The van der Waals surface area contributed by atoms with Crippen LogP contribution in [0.5, 0.6) is 0 Å². The van der Waals surface area contributed by atoms with Gasteiger partial charge in [-0.25, -0.2) is 9.97 Å². The fourth-order valence-electron chi connectivity index (χ4n) is 1.40. The first-order valence-corrected chi connectivity index (χ1v) is 5.90. The average Bonchev–Trinajstić information content (AvgIpc) is 2.85. The first kappa shape index (κ1) is 11.4. The molecule has 3 N–H and O–H groups in total. The maximum absolute atomic E-state index is 8.99. The number of anilines is 2. The molecule has 0 aromatic carbocycles. The van der Waals surface area contributed by atoms with Gasteiger partial charge in [0.15, 0.2) is 0 Å². The normalized spacial score (nSPS) is 11.8. The molecule has 5 nitrogen and oxygen atoms in total. The fraction of sp³-hybridized carbons (Fsp3) is 0.182. The second kappa shape index (κ2) is 4.80. The summed E-state index contributed by atoms with van der Waals surface area (Å²) in [6, 6.07) is 3.68. The van der Waals surface area contributed by atoms with Gasteiger partial charge in [-0.2, -0.15) is 5.26 Å². The van der Waals surface area contributed by atoms with Crippen LogP contribution in [-0.2, 0) is 0 Å². The maximum atomic E-state index is 8.99. The number of nitriles is 1. The average molecular weight is 245 g/mol. The van der Waals surface area contributed by atoms with E-state index in [2.05, 4.69) is 21.4 Å². The second-order valence-corrected chi connectivity index (χ2v) is 4.44. The number of rotatable bonds is 3. The molecule has 0 spiro atoms. The highest BCUT2D eigenvalue weighted by atomic mass is 32.1. The van der Waals surface area contributed by atoms with E-state index in [0.717, 1.165) is 5.01 Å². The molecule has 2 aromatic rings. The molecule has 6 heteroatoms. The molecule has 0 bridgehead atoms. The number of nitrogens with one attached hydrogen (secondary N) is 1. The summed E-state index contributed by atoms with van der Waals surface area (Å²) in [6.07, 6.45) is 3.28. The lowest BCUT2D eigenvalue weighted by molar-refractivity contribution is 0.860. The Bertz CT molecular complexity index is 543. The van der Waals surface area contributed by atoms with Crippen LogP contribution in [0.3, 0.4) is 0 Å². The minimum absolute atomic E-state index is 0.0122.